The van der Waals surface area contributed by atoms with Gasteiger partial charge in [0, 0.05) is 5.41 Å². The highest BCUT2D eigenvalue weighted by molar-refractivity contribution is 6.15. The second kappa shape index (κ2) is 7.54. The number of aliphatic carboxylic acids is 1. The van der Waals surface area contributed by atoms with Crippen LogP contribution in [0.2, 0.25) is 0 Å². The summed E-state index contributed by atoms with van der Waals surface area (Å²) in [5.74, 6) is 1.76. The Morgan fingerprint density at radius 2 is 1.63 bits per heavy atom. The van der Waals surface area contributed by atoms with Crippen LogP contribution in [0.3, 0.4) is 0 Å². The van der Waals surface area contributed by atoms with E-state index in [1.54, 1.807) is 0 Å². The SMILES string of the molecule is CC(C)C1CC[C@]2(C(=O)O)CC[C@]3(C)C(CCC4[C@@]5(C)C=C(C=O)C(=O)C(C)(C)C5CC[C@]43C)C12. The van der Waals surface area contributed by atoms with Crippen LogP contribution >= 0.6 is 0 Å². The van der Waals surface area contributed by atoms with E-state index < -0.39 is 16.8 Å². The molecule has 4 saturated carbocycles. The van der Waals surface area contributed by atoms with Crippen molar-refractivity contribution < 1.29 is 19.5 Å². The molecular weight excluding hydrogens is 436 g/mol. The lowest BCUT2D eigenvalue weighted by molar-refractivity contribution is -0.223. The molecule has 0 bridgehead atoms. The summed E-state index contributed by atoms with van der Waals surface area (Å²) in [6.45, 7) is 16.0. The molecule has 4 fully saturated rings. The zero-order valence-electron chi connectivity index (χ0n) is 22.9. The van der Waals surface area contributed by atoms with Gasteiger partial charge in [-0.2, -0.15) is 0 Å². The molecule has 1 N–H and O–H groups in total. The first kappa shape index (κ1) is 25.2. The first-order valence-electron chi connectivity index (χ1n) is 14.2. The molecule has 0 heterocycles. The first-order chi connectivity index (χ1) is 16.2. The van der Waals surface area contributed by atoms with E-state index in [-0.39, 0.29) is 33.9 Å². The summed E-state index contributed by atoms with van der Waals surface area (Å²) >= 11 is 0. The number of rotatable bonds is 3. The zero-order chi connectivity index (χ0) is 25.8. The molecule has 4 nitrogen and oxygen atoms in total. The Kier molecular flexibility index (Phi) is 5.43. The normalized spacial score (nSPS) is 50.5. The van der Waals surface area contributed by atoms with Gasteiger partial charge in [0.25, 0.3) is 0 Å². The Labute approximate surface area is 211 Å². The van der Waals surface area contributed by atoms with Crippen LogP contribution in [0.15, 0.2) is 11.6 Å². The van der Waals surface area contributed by atoms with Gasteiger partial charge in [-0.25, -0.2) is 0 Å². The number of hydrogen-bond acceptors (Lipinski definition) is 3. The van der Waals surface area contributed by atoms with Crippen molar-refractivity contribution >= 4 is 18.0 Å². The van der Waals surface area contributed by atoms with Gasteiger partial charge in [-0.05, 0) is 103 Å². The third-order valence-corrected chi connectivity index (χ3v) is 13.3. The Hall–Kier alpha value is -1.45. The van der Waals surface area contributed by atoms with Crippen molar-refractivity contribution in [2.45, 2.75) is 99.8 Å². The molecule has 0 aliphatic heterocycles. The van der Waals surface area contributed by atoms with Crippen LogP contribution in [-0.4, -0.2) is 23.1 Å². The predicted octanol–water partition coefficient (Wildman–Crippen LogP) is 6.72. The molecule has 0 saturated heterocycles. The summed E-state index contributed by atoms with van der Waals surface area (Å²) in [4.78, 5) is 38.0. The monoisotopic (exact) mass is 482 g/mol. The number of carboxylic acids is 1. The van der Waals surface area contributed by atoms with Crippen molar-refractivity contribution in [1.29, 1.82) is 0 Å². The van der Waals surface area contributed by atoms with Crippen LogP contribution < -0.4 is 0 Å². The summed E-state index contributed by atoms with van der Waals surface area (Å²) < 4.78 is 0. The molecule has 9 atom stereocenters. The lowest BCUT2D eigenvalue weighted by atomic mass is 9.32. The molecule has 0 spiro atoms. The molecule has 5 aliphatic carbocycles. The number of carboxylic acid groups (broad SMARTS) is 1. The van der Waals surface area contributed by atoms with E-state index in [1.807, 2.05) is 0 Å². The van der Waals surface area contributed by atoms with Crippen LogP contribution in [-0.2, 0) is 14.4 Å². The van der Waals surface area contributed by atoms with Gasteiger partial charge in [0.15, 0.2) is 12.1 Å². The van der Waals surface area contributed by atoms with E-state index in [2.05, 4.69) is 54.5 Å². The van der Waals surface area contributed by atoms with Crippen molar-refractivity contribution in [3.63, 3.8) is 0 Å². The van der Waals surface area contributed by atoms with E-state index in [0.29, 0.717) is 29.2 Å². The molecule has 0 aromatic rings. The summed E-state index contributed by atoms with van der Waals surface area (Å²) in [6, 6.07) is 0. The average Bonchev–Trinajstić information content (AvgIpc) is 3.18. The van der Waals surface area contributed by atoms with Crippen LogP contribution in [0.4, 0.5) is 0 Å². The van der Waals surface area contributed by atoms with Gasteiger partial charge in [-0.3, -0.25) is 14.4 Å². The quantitative estimate of drug-likeness (QED) is 0.358. The molecule has 5 unspecified atom stereocenters. The number of carbonyl (C=O) groups is 3. The van der Waals surface area contributed by atoms with Crippen LogP contribution in [0.25, 0.3) is 0 Å². The number of carbonyl (C=O) groups excluding carboxylic acids is 2. The Balaban J connectivity index is 1.61. The van der Waals surface area contributed by atoms with Gasteiger partial charge in [-0.1, -0.05) is 54.5 Å². The Bertz CT molecular complexity index is 992. The van der Waals surface area contributed by atoms with Gasteiger partial charge in [-0.15, -0.1) is 0 Å². The molecule has 5 aliphatic rings. The minimum Gasteiger partial charge on any atom is -0.481 e. The second-order valence-corrected chi connectivity index (χ2v) is 14.7. The number of ketones is 1. The minimum atomic E-state index is -0.554. The lowest BCUT2D eigenvalue weighted by Gasteiger charge is -2.71. The third-order valence-electron chi connectivity index (χ3n) is 13.3. The van der Waals surface area contributed by atoms with E-state index in [0.717, 1.165) is 57.7 Å². The van der Waals surface area contributed by atoms with Crippen molar-refractivity contribution in [3.05, 3.63) is 11.6 Å². The van der Waals surface area contributed by atoms with Crippen molar-refractivity contribution in [1.82, 2.24) is 0 Å². The van der Waals surface area contributed by atoms with Crippen LogP contribution in [0.5, 0.6) is 0 Å². The molecule has 0 aromatic carbocycles. The average molecular weight is 483 g/mol. The van der Waals surface area contributed by atoms with Crippen LogP contribution in [0, 0.1) is 62.6 Å². The fraction of sp³-hybridized carbons (Fsp3) is 0.839. The van der Waals surface area contributed by atoms with Gasteiger partial charge < -0.3 is 5.11 Å². The van der Waals surface area contributed by atoms with Crippen molar-refractivity contribution in [3.8, 4) is 0 Å². The molecule has 0 radical (unpaired) electrons. The first-order valence-corrected chi connectivity index (χ1v) is 14.2. The number of Topliss-reactive ketones (excluding diaryl/α,β-unsaturated/α-hetero) is 1. The number of allylic oxidation sites excluding steroid dienone is 2. The zero-order valence-corrected chi connectivity index (χ0v) is 22.9. The molecule has 4 heteroatoms. The number of aldehydes is 1. The molecule has 194 valence electrons. The summed E-state index contributed by atoms with van der Waals surface area (Å²) in [6.07, 6.45) is 10.7. The number of hydrogen-bond donors (Lipinski definition) is 1. The Morgan fingerprint density at radius 1 is 0.943 bits per heavy atom. The standard InChI is InChI=1S/C31H46O4/c1-18(2)20-10-13-31(26(34)35)15-14-29(6)21(24(20)31)8-9-23-28(5)16-19(17-32)25(33)27(3,4)22(28)11-12-30(23,29)7/h16-18,20-24H,8-15H2,1-7H3,(H,34,35)/t20?,21?,22?,23?,24?,28-,29+,30+,31-/m0/s1. The molecule has 0 amide bonds. The number of fused-ring (bicyclic) bond motifs is 7. The molecule has 5 rings (SSSR count). The topological polar surface area (TPSA) is 71.4 Å². The lowest BCUT2D eigenvalue weighted by Crippen LogP contribution is -2.66. The second-order valence-electron chi connectivity index (χ2n) is 14.7. The fourth-order valence-electron chi connectivity index (χ4n) is 11.4. The maximum absolute atomic E-state index is 13.2. The fourth-order valence-corrected chi connectivity index (χ4v) is 11.4. The van der Waals surface area contributed by atoms with Gasteiger partial charge in [0.1, 0.15) is 0 Å². The van der Waals surface area contributed by atoms with Crippen molar-refractivity contribution in [2.75, 3.05) is 0 Å². The highest BCUT2D eigenvalue weighted by Crippen LogP contribution is 2.77. The highest BCUT2D eigenvalue weighted by atomic mass is 16.4. The summed E-state index contributed by atoms with van der Waals surface area (Å²) in [7, 11) is 0. The van der Waals surface area contributed by atoms with Crippen LogP contribution in [0.1, 0.15) is 99.8 Å². The van der Waals surface area contributed by atoms with E-state index in [9.17, 15) is 19.5 Å². The summed E-state index contributed by atoms with van der Waals surface area (Å²) in [5.41, 5.74) is -0.758. The largest absolute Gasteiger partial charge is 0.481 e. The maximum Gasteiger partial charge on any atom is 0.309 e. The third kappa shape index (κ3) is 2.89. The van der Waals surface area contributed by atoms with E-state index in [1.165, 1.54) is 0 Å². The molecular formula is C31H46O4. The van der Waals surface area contributed by atoms with Gasteiger partial charge >= 0.3 is 5.97 Å². The highest BCUT2D eigenvalue weighted by Gasteiger charge is 2.72. The smallest absolute Gasteiger partial charge is 0.309 e. The minimum absolute atomic E-state index is 0.00751. The predicted molar refractivity (Wildman–Crippen MR) is 137 cm³/mol. The Morgan fingerprint density at radius 3 is 2.23 bits per heavy atom. The van der Waals surface area contributed by atoms with Crippen molar-refractivity contribution in [2.24, 2.45) is 62.6 Å². The molecule has 0 aromatic heterocycles. The van der Waals surface area contributed by atoms with E-state index >= 15 is 0 Å². The van der Waals surface area contributed by atoms with Gasteiger partial charge in [0.05, 0.1) is 11.0 Å². The summed E-state index contributed by atoms with van der Waals surface area (Å²) in [5, 5.41) is 10.5. The van der Waals surface area contributed by atoms with Gasteiger partial charge in [0.2, 0.25) is 0 Å². The maximum atomic E-state index is 13.2. The molecule has 35 heavy (non-hydrogen) atoms. The van der Waals surface area contributed by atoms with E-state index in [4.69, 9.17) is 0 Å².